The number of hydrogen-bond acceptors (Lipinski definition) is 3. The third-order valence-electron chi connectivity index (χ3n) is 5.59. The van der Waals surface area contributed by atoms with Gasteiger partial charge in [0.1, 0.15) is 5.60 Å². The number of anilines is 1. The number of carbonyl (C=O) groups is 1. The molecule has 25 heavy (non-hydrogen) atoms. The van der Waals surface area contributed by atoms with Crippen LogP contribution in [-0.2, 0) is 11.2 Å². The zero-order valence-electron chi connectivity index (χ0n) is 15.3. The number of rotatable bonds is 0. The lowest BCUT2D eigenvalue weighted by Gasteiger charge is -2.39. The molecule has 1 aromatic carbocycles. The molecule has 0 aromatic heterocycles. The van der Waals surface area contributed by atoms with Gasteiger partial charge < -0.3 is 14.5 Å². The Morgan fingerprint density at radius 3 is 2.80 bits per heavy atom. The first-order valence-corrected chi connectivity index (χ1v) is 10.2. The molecule has 1 amide bonds. The van der Waals surface area contributed by atoms with Crippen molar-refractivity contribution in [2.24, 2.45) is 0 Å². The smallest absolute Gasteiger partial charge is 0.410 e. The minimum Gasteiger partial charge on any atom is -0.444 e. The lowest BCUT2D eigenvalue weighted by molar-refractivity contribution is 0.0189. The van der Waals surface area contributed by atoms with Gasteiger partial charge in [-0.15, -0.1) is 0 Å². The van der Waals surface area contributed by atoms with E-state index in [0.29, 0.717) is 12.0 Å². The minimum atomic E-state index is -0.440. The van der Waals surface area contributed by atoms with Crippen LogP contribution in [0.1, 0.15) is 57.1 Å². The highest BCUT2D eigenvalue weighted by Gasteiger charge is 2.44. The van der Waals surface area contributed by atoms with Crippen LogP contribution < -0.4 is 4.90 Å². The summed E-state index contributed by atoms with van der Waals surface area (Å²) in [5, 5.41) is 0. The molecule has 0 spiro atoms. The Bertz CT molecular complexity index is 698. The summed E-state index contributed by atoms with van der Waals surface area (Å²) in [6.45, 7) is 8.49. The minimum absolute atomic E-state index is 0.173. The molecule has 0 N–H and O–H groups in total. The zero-order chi connectivity index (χ0) is 17.8. The van der Waals surface area contributed by atoms with Gasteiger partial charge in [-0.3, -0.25) is 0 Å². The van der Waals surface area contributed by atoms with Gasteiger partial charge in [0.25, 0.3) is 0 Å². The van der Waals surface area contributed by atoms with Crippen LogP contribution in [0.4, 0.5) is 10.5 Å². The second kappa shape index (κ2) is 6.19. The Labute approximate surface area is 158 Å². The van der Waals surface area contributed by atoms with Crippen molar-refractivity contribution in [2.75, 3.05) is 24.5 Å². The van der Waals surface area contributed by atoms with Crippen LogP contribution in [0.3, 0.4) is 0 Å². The van der Waals surface area contributed by atoms with Gasteiger partial charge in [0.15, 0.2) is 0 Å². The zero-order valence-corrected chi connectivity index (χ0v) is 16.9. The van der Waals surface area contributed by atoms with Crippen molar-refractivity contribution in [3.05, 3.63) is 27.7 Å². The van der Waals surface area contributed by atoms with Crippen molar-refractivity contribution in [1.82, 2.24) is 4.90 Å². The van der Waals surface area contributed by atoms with Gasteiger partial charge >= 0.3 is 6.09 Å². The molecule has 5 heteroatoms. The van der Waals surface area contributed by atoms with Gasteiger partial charge in [-0.05, 0) is 69.7 Å². The van der Waals surface area contributed by atoms with E-state index >= 15 is 0 Å². The lowest BCUT2D eigenvalue weighted by atomic mass is 9.88. The molecule has 0 saturated carbocycles. The first kappa shape index (κ1) is 17.2. The van der Waals surface area contributed by atoms with E-state index in [4.69, 9.17) is 4.74 Å². The van der Waals surface area contributed by atoms with Gasteiger partial charge in [-0.1, -0.05) is 15.9 Å². The van der Waals surface area contributed by atoms with Crippen LogP contribution in [0, 0.1) is 0 Å². The van der Waals surface area contributed by atoms with Gasteiger partial charge in [-0.2, -0.15) is 0 Å². The number of amides is 1. The number of fused-ring (bicyclic) bond motifs is 3. The Morgan fingerprint density at radius 2 is 2.04 bits per heavy atom. The van der Waals surface area contributed by atoms with Crippen molar-refractivity contribution in [2.45, 2.75) is 64.0 Å². The molecule has 4 rings (SSSR count). The van der Waals surface area contributed by atoms with Crippen molar-refractivity contribution in [3.8, 4) is 0 Å². The molecule has 3 heterocycles. The van der Waals surface area contributed by atoms with E-state index in [0.717, 1.165) is 36.9 Å². The highest BCUT2D eigenvalue weighted by atomic mass is 79.9. The third-order valence-corrected chi connectivity index (χ3v) is 6.05. The fourth-order valence-electron chi connectivity index (χ4n) is 4.65. The number of nitrogens with zero attached hydrogens (tertiary/aromatic N) is 2. The maximum Gasteiger partial charge on any atom is 0.410 e. The molecule has 1 saturated heterocycles. The molecular formula is C20H27BrN2O2. The molecule has 3 aliphatic heterocycles. The van der Waals surface area contributed by atoms with Crippen LogP contribution in [0.15, 0.2) is 16.6 Å². The number of hydrogen-bond donors (Lipinski definition) is 0. The van der Waals surface area contributed by atoms with E-state index in [2.05, 4.69) is 33.0 Å². The summed E-state index contributed by atoms with van der Waals surface area (Å²) in [4.78, 5) is 17.1. The third kappa shape index (κ3) is 3.16. The molecule has 2 atom stereocenters. The van der Waals surface area contributed by atoms with Crippen molar-refractivity contribution in [3.63, 3.8) is 0 Å². The highest BCUT2D eigenvalue weighted by molar-refractivity contribution is 9.10. The topological polar surface area (TPSA) is 32.8 Å². The van der Waals surface area contributed by atoms with Crippen LogP contribution in [0.25, 0.3) is 0 Å². The fraction of sp³-hybridized carbons (Fsp3) is 0.650. The largest absolute Gasteiger partial charge is 0.444 e. The molecule has 0 bridgehead atoms. The first-order chi connectivity index (χ1) is 11.8. The molecule has 1 aromatic rings. The SMILES string of the molecule is CC(C)(C)OC(=O)N1CC[C@H]2C(C1)c1cc(Br)cc3c1N2CCCC3. The summed E-state index contributed by atoms with van der Waals surface area (Å²) in [6, 6.07) is 5.10. The summed E-state index contributed by atoms with van der Waals surface area (Å²) in [5.74, 6) is 0.394. The predicted molar refractivity (Wildman–Crippen MR) is 103 cm³/mol. The Kier molecular flexibility index (Phi) is 4.25. The summed E-state index contributed by atoms with van der Waals surface area (Å²) in [7, 11) is 0. The second-order valence-corrected chi connectivity index (χ2v) is 9.46. The van der Waals surface area contributed by atoms with E-state index in [-0.39, 0.29) is 6.09 Å². The average Bonchev–Trinajstić information content (AvgIpc) is 2.68. The first-order valence-electron chi connectivity index (χ1n) is 9.40. The number of ether oxygens (including phenoxy) is 1. The van der Waals surface area contributed by atoms with Gasteiger partial charge in [0.2, 0.25) is 0 Å². The molecule has 0 radical (unpaired) electrons. The molecule has 136 valence electrons. The highest BCUT2D eigenvalue weighted by Crippen LogP contribution is 2.49. The monoisotopic (exact) mass is 406 g/mol. The van der Waals surface area contributed by atoms with E-state index in [1.807, 2.05) is 25.7 Å². The van der Waals surface area contributed by atoms with Gasteiger partial charge in [0.05, 0.1) is 0 Å². The van der Waals surface area contributed by atoms with Crippen LogP contribution in [0.5, 0.6) is 0 Å². The summed E-state index contributed by atoms with van der Waals surface area (Å²) < 4.78 is 6.78. The summed E-state index contributed by atoms with van der Waals surface area (Å²) in [5.41, 5.74) is 3.91. The lowest BCUT2D eigenvalue weighted by Crippen LogP contribution is -2.49. The van der Waals surface area contributed by atoms with Crippen LogP contribution in [-0.4, -0.2) is 42.3 Å². The van der Waals surface area contributed by atoms with Crippen LogP contribution in [0.2, 0.25) is 0 Å². The Hall–Kier alpha value is -1.23. The van der Waals surface area contributed by atoms with Gasteiger partial charge in [0, 0.05) is 41.8 Å². The number of likely N-dealkylation sites (tertiary alicyclic amines) is 1. The van der Waals surface area contributed by atoms with Gasteiger partial charge in [-0.25, -0.2) is 4.79 Å². The quantitative estimate of drug-likeness (QED) is 0.625. The molecule has 3 aliphatic rings. The average molecular weight is 407 g/mol. The Balaban J connectivity index is 1.64. The number of aryl methyl sites for hydroxylation is 1. The molecular weight excluding hydrogens is 380 g/mol. The van der Waals surface area contributed by atoms with E-state index < -0.39 is 5.60 Å². The molecule has 1 fully saturated rings. The van der Waals surface area contributed by atoms with Crippen molar-refractivity contribution >= 4 is 27.7 Å². The Morgan fingerprint density at radius 1 is 1.24 bits per heavy atom. The fourth-order valence-corrected chi connectivity index (χ4v) is 5.18. The normalized spacial score (nSPS) is 25.3. The van der Waals surface area contributed by atoms with E-state index in [1.165, 1.54) is 29.7 Å². The van der Waals surface area contributed by atoms with Crippen LogP contribution >= 0.6 is 15.9 Å². The van der Waals surface area contributed by atoms with E-state index in [9.17, 15) is 4.79 Å². The maximum absolute atomic E-state index is 12.5. The summed E-state index contributed by atoms with van der Waals surface area (Å²) in [6.07, 6.45) is 4.53. The van der Waals surface area contributed by atoms with Crippen molar-refractivity contribution < 1.29 is 9.53 Å². The standard InChI is InChI=1S/C20H27BrN2O2/c1-20(2,3)25-19(24)22-9-7-17-16(12-22)15-11-14(21)10-13-6-4-5-8-23(17)18(13)15/h10-11,16-17H,4-9,12H2,1-3H3/t16?,17-/m0/s1. The van der Waals surface area contributed by atoms with E-state index in [1.54, 1.807) is 0 Å². The number of halogens is 1. The summed E-state index contributed by atoms with van der Waals surface area (Å²) >= 11 is 3.70. The predicted octanol–water partition coefficient (Wildman–Crippen LogP) is 4.70. The maximum atomic E-state index is 12.5. The number of carbonyl (C=O) groups excluding carboxylic acids is 1. The van der Waals surface area contributed by atoms with Crippen molar-refractivity contribution in [1.29, 1.82) is 0 Å². The second-order valence-electron chi connectivity index (χ2n) is 8.54. The number of piperidine rings is 1. The molecule has 1 unspecified atom stereocenters. The molecule has 4 nitrogen and oxygen atoms in total. The molecule has 0 aliphatic carbocycles. The number of benzene rings is 1.